The Morgan fingerprint density at radius 1 is 1.10 bits per heavy atom. The van der Waals surface area contributed by atoms with Crippen molar-refractivity contribution in [3.63, 3.8) is 0 Å². The minimum Gasteiger partial charge on any atom is -0.347 e. The average Bonchev–Trinajstić information content (AvgIpc) is 3.25. The third-order valence-corrected chi connectivity index (χ3v) is 7.30. The molecule has 1 aliphatic rings. The summed E-state index contributed by atoms with van der Waals surface area (Å²) >= 11 is 1.69. The van der Waals surface area contributed by atoms with Gasteiger partial charge in [-0.2, -0.15) is 5.10 Å². The molecule has 30 heavy (non-hydrogen) atoms. The Morgan fingerprint density at radius 3 is 2.50 bits per heavy atom. The number of aryl methyl sites for hydroxylation is 3. The first-order valence-electron chi connectivity index (χ1n) is 11.0. The highest BCUT2D eigenvalue weighted by atomic mass is 32.1. The molecule has 1 atom stereocenters. The summed E-state index contributed by atoms with van der Waals surface area (Å²) in [6.45, 7) is 12.2. The van der Waals surface area contributed by atoms with Gasteiger partial charge in [-0.25, -0.2) is 14.5 Å². The number of carbonyl (C=O) groups excluding carboxylic acids is 1. The zero-order valence-corrected chi connectivity index (χ0v) is 19.5. The molecule has 1 unspecified atom stereocenters. The SMILES string of the molecule is CCCC(CC)c1cc(C)nn2c(-c3sc(N4CCC(=O)CC4)nc3C)c(C)nc12. The number of rotatable bonds is 6. The second-order valence-corrected chi connectivity index (χ2v) is 9.33. The van der Waals surface area contributed by atoms with Gasteiger partial charge in [0.25, 0.3) is 0 Å². The number of anilines is 1. The lowest BCUT2D eigenvalue weighted by atomic mass is 9.93. The molecule has 160 valence electrons. The molecule has 4 heterocycles. The molecule has 0 N–H and O–H groups in total. The first kappa shape index (κ1) is 21.0. The Bertz CT molecular complexity index is 1070. The molecular weight excluding hydrogens is 394 g/mol. The predicted molar refractivity (Wildman–Crippen MR) is 123 cm³/mol. The number of Topliss-reactive ketones (excluding diaryl/α,β-unsaturated/α-hetero) is 1. The number of piperidine rings is 1. The van der Waals surface area contributed by atoms with Crippen LogP contribution in [-0.4, -0.2) is 38.5 Å². The number of thiazole rings is 1. The van der Waals surface area contributed by atoms with Crippen molar-refractivity contribution in [3.05, 3.63) is 28.7 Å². The van der Waals surface area contributed by atoms with Crippen LogP contribution >= 0.6 is 11.3 Å². The van der Waals surface area contributed by atoms with Gasteiger partial charge >= 0.3 is 0 Å². The van der Waals surface area contributed by atoms with Crippen molar-refractivity contribution in [1.82, 2.24) is 19.6 Å². The van der Waals surface area contributed by atoms with E-state index in [0.29, 0.717) is 24.5 Å². The second-order valence-electron chi connectivity index (χ2n) is 8.35. The monoisotopic (exact) mass is 425 g/mol. The molecule has 0 amide bonds. The molecule has 0 radical (unpaired) electrons. The van der Waals surface area contributed by atoms with Crippen LogP contribution in [0.1, 0.15) is 74.5 Å². The molecule has 1 aliphatic heterocycles. The van der Waals surface area contributed by atoms with Gasteiger partial charge in [-0.15, -0.1) is 0 Å². The Balaban J connectivity index is 1.81. The average molecular weight is 426 g/mol. The molecule has 1 fully saturated rings. The smallest absolute Gasteiger partial charge is 0.186 e. The third-order valence-electron chi connectivity index (χ3n) is 6.07. The highest BCUT2D eigenvalue weighted by Gasteiger charge is 2.25. The van der Waals surface area contributed by atoms with E-state index in [1.54, 1.807) is 11.3 Å². The van der Waals surface area contributed by atoms with Crippen LogP contribution in [0.5, 0.6) is 0 Å². The van der Waals surface area contributed by atoms with Crippen LogP contribution in [0, 0.1) is 20.8 Å². The van der Waals surface area contributed by atoms with E-state index in [-0.39, 0.29) is 0 Å². The number of ketones is 1. The Morgan fingerprint density at radius 2 is 1.83 bits per heavy atom. The van der Waals surface area contributed by atoms with E-state index in [1.807, 2.05) is 4.52 Å². The molecule has 4 rings (SSSR count). The van der Waals surface area contributed by atoms with Crippen molar-refractivity contribution < 1.29 is 4.79 Å². The minimum atomic E-state index is 0.349. The largest absolute Gasteiger partial charge is 0.347 e. The Kier molecular flexibility index (Phi) is 5.91. The van der Waals surface area contributed by atoms with Crippen molar-refractivity contribution in [2.75, 3.05) is 18.0 Å². The zero-order chi connectivity index (χ0) is 21.4. The van der Waals surface area contributed by atoms with Gasteiger partial charge in [0, 0.05) is 31.5 Å². The highest BCUT2D eigenvalue weighted by molar-refractivity contribution is 7.19. The van der Waals surface area contributed by atoms with Gasteiger partial charge in [0.2, 0.25) is 0 Å². The lowest BCUT2D eigenvalue weighted by Gasteiger charge is -2.25. The number of fused-ring (bicyclic) bond motifs is 1. The van der Waals surface area contributed by atoms with Gasteiger partial charge in [0.1, 0.15) is 11.5 Å². The molecule has 0 aliphatic carbocycles. The van der Waals surface area contributed by atoms with Crippen LogP contribution in [0.15, 0.2) is 6.07 Å². The van der Waals surface area contributed by atoms with E-state index < -0.39 is 0 Å². The van der Waals surface area contributed by atoms with Crippen molar-refractivity contribution in [1.29, 1.82) is 0 Å². The van der Waals surface area contributed by atoms with Crippen LogP contribution < -0.4 is 4.90 Å². The summed E-state index contributed by atoms with van der Waals surface area (Å²) in [5.41, 5.74) is 6.35. The normalized spacial score (nSPS) is 15.9. The fraction of sp³-hybridized carbons (Fsp3) is 0.565. The molecule has 6 nitrogen and oxygen atoms in total. The molecule has 0 aromatic carbocycles. The zero-order valence-electron chi connectivity index (χ0n) is 18.7. The van der Waals surface area contributed by atoms with Crippen molar-refractivity contribution in [3.8, 4) is 10.6 Å². The summed E-state index contributed by atoms with van der Waals surface area (Å²) in [5, 5.41) is 5.85. The number of hydrogen-bond acceptors (Lipinski definition) is 6. The number of aromatic nitrogens is 4. The van der Waals surface area contributed by atoms with Gasteiger partial charge in [-0.1, -0.05) is 31.6 Å². The topological polar surface area (TPSA) is 63.4 Å². The van der Waals surface area contributed by atoms with E-state index in [2.05, 4.69) is 45.6 Å². The number of hydrogen-bond donors (Lipinski definition) is 0. The van der Waals surface area contributed by atoms with Gasteiger partial charge in [-0.3, -0.25) is 4.79 Å². The van der Waals surface area contributed by atoms with E-state index >= 15 is 0 Å². The quantitative estimate of drug-likeness (QED) is 0.540. The van der Waals surface area contributed by atoms with Gasteiger partial charge in [0.15, 0.2) is 10.8 Å². The minimum absolute atomic E-state index is 0.349. The maximum Gasteiger partial charge on any atom is 0.186 e. The summed E-state index contributed by atoms with van der Waals surface area (Å²) in [6.07, 6.45) is 4.65. The standard InChI is InChI=1S/C23H31N5OS/c1-6-8-17(7-2)19-13-14(3)26-28-20(15(4)24-22(19)28)21-16(5)25-23(30-21)27-11-9-18(29)10-12-27/h13,17H,6-12H2,1-5H3. The van der Waals surface area contributed by atoms with Crippen LogP contribution in [0.25, 0.3) is 16.2 Å². The van der Waals surface area contributed by atoms with Crippen molar-refractivity contribution in [2.24, 2.45) is 0 Å². The Labute approximate surface area is 182 Å². The van der Waals surface area contributed by atoms with Crippen LogP contribution in [-0.2, 0) is 4.79 Å². The van der Waals surface area contributed by atoms with Gasteiger partial charge in [-0.05, 0) is 45.6 Å². The van der Waals surface area contributed by atoms with Crippen molar-refractivity contribution >= 4 is 27.9 Å². The molecule has 0 bridgehead atoms. The van der Waals surface area contributed by atoms with Gasteiger partial charge < -0.3 is 4.90 Å². The first-order chi connectivity index (χ1) is 14.4. The maximum atomic E-state index is 11.6. The molecule has 1 saturated heterocycles. The van der Waals surface area contributed by atoms with E-state index in [1.165, 1.54) is 5.56 Å². The highest BCUT2D eigenvalue weighted by Crippen LogP contribution is 2.38. The van der Waals surface area contributed by atoms with E-state index in [4.69, 9.17) is 15.1 Å². The second kappa shape index (κ2) is 8.46. The number of imidazole rings is 1. The Hall–Kier alpha value is -2.28. The van der Waals surface area contributed by atoms with Gasteiger partial charge in [0.05, 0.1) is 22.0 Å². The van der Waals surface area contributed by atoms with Crippen LogP contribution in [0.4, 0.5) is 5.13 Å². The summed E-state index contributed by atoms with van der Waals surface area (Å²) in [5.74, 6) is 0.847. The molecule has 0 saturated carbocycles. The summed E-state index contributed by atoms with van der Waals surface area (Å²) in [6, 6.07) is 2.21. The maximum absolute atomic E-state index is 11.6. The molecule has 3 aromatic heterocycles. The number of carbonyl (C=O) groups is 1. The summed E-state index contributed by atoms with van der Waals surface area (Å²) in [4.78, 5) is 24.8. The molecular formula is C23H31N5OS. The van der Waals surface area contributed by atoms with Crippen LogP contribution in [0.2, 0.25) is 0 Å². The molecule has 0 spiro atoms. The third kappa shape index (κ3) is 3.75. The first-order valence-corrected chi connectivity index (χ1v) is 11.9. The predicted octanol–water partition coefficient (Wildman–Crippen LogP) is 5.24. The van der Waals surface area contributed by atoms with E-state index in [9.17, 15) is 4.79 Å². The van der Waals surface area contributed by atoms with Crippen molar-refractivity contribution in [2.45, 2.75) is 72.6 Å². The molecule has 7 heteroatoms. The fourth-order valence-corrected chi connectivity index (χ4v) is 5.65. The lowest BCUT2D eigenvalue weighted by Crippen LogP contribution is -2.33. The summed E-state index contributed by atoms with van der Waals surface area (Å²) < 4.78 is 2.04. The van der Waals surface area contributed by atoms with Crippen LogP contribution in [0.3, 0.4) is 0 Å². The molecule has 3 aromatic rings. The number of nitrogens with zero attached hydrogens (tertiary/aromatic N) is 5. The summed E-state index contributed by atoms with van der Waals surface area (Å²) in [7, 11) is 0. The van der Waals surface area contributed by atoms with E-state index in [0.717, 1.165) is 70.8 Å². The lowest BCUT2D eigenvalue weighted by molar-refractivity contribution is -0.119. The fourth-order valence-electron chi connectivity index (χ4n) is 4.45.